The van der Waals surface area contributed by atoms with Crippen LogP contribution in [0.3, 0.4) is 0 Å². The Kier molecular flexibility index (Phi) is 7.41. The summed E-state index contributed by atoms with van der Waals surface area (Å²) in [5, 5.41) is 0. The van der Waals surface area contributed by atoms with Crippen LogP contribution in [0.4, 0.5) is 0 Å². The standard InChI is InChI=1S/C19H26OS/c1-14(8-7-9-15(2)12-13-20-6)10-11-19-16(3)17(4)21-18(19)5/h7-12H,13H2,1-6H3/b9-7+,11-10?,14-8?,15-12?. The first kappa shape index (κ1) is 17.7. The van der Waals surface area contributed by atoms with Crippen molar-refractivity contribution >= 4 is 17.4 Å². The third-order valence-electron chi connectivity index (χ3n) is 3.42. The molecule has 0 fully saturated rings. The second kappa shape index (κ2) is 8.81. The predicted molar refractivity (Wildman–Crippen MR) is 96.1 cm³/mol. The van der Waals surface area contributed by atoms with Crippen LogP contribution in [0.25, 0.3) is 6.08 Å². The number of allylic oxidation sites excluding steroid dienone is 6. The van der Waals surface area contributed by atoms with Crippen molar-refractivity contribution < 1.29 is 4.74 Å². The summed E-state index contributed by atoms with van der Waals surface area (Å²) in [6.07, 6.45) is 12.8. The summed E-state index contributed by atoms with van der Waals surface area (Å²) in [5.41, 5.74) is 5.22. The lowest BCUT2D eigenvalue weighted by Gasteiger charge is -1.96. The number of hydrogen-bond donors (Lipinski definition) is 0. The van der Waals surface area contributed by atoms with Gasteiger partial charge in [0.1, 0.15) is 0 Å². The van der Waals surface area contributed by atoms with Crippen LogP contribution in [-0.4, -0.2) is 13.7 Å². The number of hydrogen-bond acceptors (Lipinski definition) is 2. The number of aryl methyl sites for hydroxylation is 2. The van der Waals surface area contributed by atoms with Crippen LogP contribution in [0.1, 0.15) is 34.7 Å². The van der Waals surface area contributed by atoms with Crippen molar-refractivity contribution in [1.82, 2.24) is 0 Å². The molecule has 0 radical (unpaired) electrons. The first-order chi connectivity index (χ1) is 9.95. The van der Waals surface area contributed by atoms with E-state index in [0.29, 0.717) is 6.61 Å². The molecule has 0 unspecified atom stereocenters. The zero-order valence-electron chi connectivity index (χ0n) is 14.0. The zero-order valence-corrected chi connectivity index (χ0v) is 14.8. The third-order valence-corrected chi connectivity index (χ3v) is 4.56. The average Bonchev–Trinajstić information content (AvgIpc) is 2.68. The highest BCUT2D eigenvalue weighted by atomic mass is 32.1. The number of thiophene rings is 1. The van der Waals surface area contributed by atoms with E-state index in [1.54, 1.807) is 7.11 Å². The number of rotatable bonds is 6. The monoisotopic (exact) mass is 302 g/mol. The summed E-state index contributed by atoms with van der Waals surface area (Å²) in [7, 11) is 1.71. The van der Waals surface area contributed by atoms with Gasteiger partial charge in [0.05, 0.1) is 6.61 Å². The fourth-order valence-corrected chi connectivity index (χ4v) is 3.02. The smallest absolute Gasteiger partial charge is 0.0649 e. The third kappa shape index (κ3) is 5.86. The second-order valence-electron chi connectivity index (χ2n) is 5.26. The molecule has 1 aromatic heterocycles. The van der Waals surface area contributed by atoms with E-state index in [4.69, 9.17) is 4.74 Å². The minimum atomic E-state index is 0.662. The lowest BCUT2D eigenvalue weighted by atomic mass is 10.1. The Bertz CT molecular complexity index is 583. The number of methoxy groups -OCH3 is 1. The summed E-state index contributed by atoms with van der Waals surface area (Å²) in [6, 6.07) is 0. The Morgan fingerprint density at radius 1 is 1.05 bits per heavy atom. The molecule has 1 heterocycles. The van der Waals surface area contributed by atoms with E-state index in [2.05, 4.69) is 71.1 Å². The zero-order chi connectivity index (χ0) is 15.8. The Hall–Kier alpha value is -1.38. The van der Waals surface area contributed by atoms with Crippen molar-refractivity contribution in [2.24, 2.45) is 0 Å². The second-order valence-corrected chi connectivity index (χ2v) is 6.69. The first-order valence-electron chi connectivity index (χ1n) is 7.21. The molecule has 21 heavy (non-hydrogen) atoms. The van der Waals surface area contributed by atoms with Crippen LogP contribution in [0.5, 0.6) is 0 Å². The van der Waals surface area contributed by atoms with Crippen molar-refractivity contribution in [2.45, 2.75) is 34.6 Å². The van der Waals surface area contributed by atoms with E-state index in [-0.39, 0.29) is 0 Å². The topological polar surface area (TPSA) is 9.23 Å². The summed E-state index contributed by atoms with van der Waals surface area (Å²) >= 11 is 1.87. The van der Waals surface area contributed by atoms with Crippen LogP contribution in [0.2, 0.25) is 0 Å². The van der Waals surface area contributed by atoms with Crippen LogP contribution in [-0.2, 0) is 4.74 Å². The van der Waals surface area contributed by atoms with Gasteiger partial charge in [-0.1, -0.05) is 47.6 Å². The van der Waals surface area contributed by atoms with Crippen LogP contribution in [0, 0.1) is 20.8 Å². The predicted octanol–water partition coefficient (Wildman–Crippen LogP) is 5.78. The maximum Gasteiger partial charge on any atom is 0.0649 e. The van der Waals surface area contributed by atoms with Crippen molar-refractivity contribution in [3.05, 3.63) is 62.4 Å². The largest absolute Gasteiger partial charge is 0.381 e. The molecule has 0 spiro atoms. The van der Waals surface area contributed by atoms with Crippen molar-refractivity contribution in [1.29, 1.82) is 0 Å². The SMILES string of the molecule is COCC=C(C)/C=C/C=C(C)C=Cc1c(C)sc(C)c1C. The number of ether oxygens (including phenoxy) is 1. The van der Waals surface area contributed by atoms with Gasteiger partial charge in [0.25, 0.3) is 0 Å². The average molecular weight is 302 g/mol. The molecule has 0 atom stereocenters. The molecule has 0 saturated heterocycles. The lowest BCUT2D eigenvalue weighted by molar-refractivity contribution is 0.233. The minimum Gasteiger partial charge on any atom is -0.381 e. The van der Waals surface area contributed by atoms with Gasteiger partial charge < -0.3 is 4.74 Å². The van der Waals surface area contributed by atoms with Crippen LogP contribution >= 0.6 is 11.3 Å². The van der Waals surface area contributed by atoms with Crippen LogP contribution < -0.4 is 0 Å². The highest BCUT2D eigenvalue weighted by Gasteiger charge is 2.05. The van der Waals surface area contributed by atoms with Gasteiger partial charge in [-0.2, -0.15) is 0 Å². The van der Waals surface area contributed by atoms with E-state index in [9.17, 15) is 0 Å². The highest BCUT2D eigenvalue weighted by Crippen LogP contribution is 2.27. The summed E-state index contributed by atoms with van der Waals surface area (Å²) in [4.78, 5) is 2.80. The van der Waals surface area contributed by atoms with Crippen LogP contribution in [0.15, 0.2) is 41.5 Å². The molecule has 2 heteroatoms. The molecule has 0 aromatic carbocycles. The van der Waals surface area contributed by atoms with E-state index < -0.39 is 0 Å². The van der Waals surface area contributed by atoms with E-state index in [1.165, 1.54) is 32.0 Å². The quantitative estimate of drug-likeness (QED) is 0.605. The summed E-state index contributed by atoms with van der Waals surface area (Å²) in [5.74, 6) is 0. The van der Waals surface area contributed by atoms with E-state index >= 15 is 0 Å². The normalized spacial score (nSPS) is 13.8. The molecule has 0 aliphatic rings. The molecule has 1 aromatic rings. The van der Waals surface area contributed by atoms with Gasteiger partial charge in [-0.15, -0.1) is 11.3 Å². The Labute approximate surface area is 133 Å². The van der Waals surface area contributed by atoms with Gasteiger partial charge >= 0.3 is 0 Å². The van der Waals surface area contributed by atoms with E-state index in [0.717, 1.165) is 0 Å². The molecular formula is C19H26OS. The molecule has 0 bridgehead atoms. The molecule has 0 aliphatic heterocycles. The van der Waals surface area contributed by atoms with Crippen molar-refractivity contribution in [2.75, 3.05) is 13.7 Å². The fraction of sp³-hybridized carbons (Fsp3) is 0.368. The first-order valence-corrected chi connectivity index (χ1v) is 8.02. The maximum absolute atomic E-state index is 5.02. The Morgan fingerprint density at radius 3 is 2.33 bits per heavy atom. The minimum absolute atomic E-state index is 0.662. The maximum atomic E-state index is 5.02. The van der Waals surface area contributed by atoms with Gasteiger partial charge in [0.15, 0.2) is 0 Å². The molecular weight excluding hydrogens is 276 g/mol. The molecule has 0 aliphatic carbocycles. The van der Waals surface area contributed by atoms with Crippen molar-refractivity contribution in [3.8, 4) is 0 Å². The molecule has 0 amide bonds. The molecule has 0 saturated carbocycles. The molecule has 0 N–H and O–H groups in total. The van der Waals surface area contributed by atoms with Gasteiger partial charge in [0.2, 0.25) is 0 Å². The van der Waals surface area contributed by atoms with Gasteiger partial charge in [0, 0.05) is 16.9 Å². The summed E-state index contributed by atoms with van der Waals surface area (Å²) in [6.45, 7) is 11.4. The highest BCUT2D eigenvalue weighted by molar-refractivity contribution is 7.12. The molecule has 114 valence electrons. The Balaban J connectivity index is 2.72. The van der Waals surface area contributed by atoms with E-state index in [1.807, 2.05) is 11.3 Å². The summed E-state index contributed by atoms with van der Waals surface area (Å²) < 4.78 is 5.02. The fourth-order valence-electron chi connectivity index (χ4n) is 1.96. The van der Waals surface area contributed by atoms with Gasteiger partial charge in [-0.05, 0) is 45.7 Å². The van der Waals surface area contributed by atoms with Gasteiger partial charge in [-0.25, -0.2) is 0 Å². The molecule has 1 rings (SSSR count). The Morgan fingerprint density at radius 2 is 1.76 bits per heavy atom. The van der Waals surface area contributed by atoms with Gasteiger partial charge in [-0.3, -0.25) is 0 Å². The lowest BCUT2D eigenvalue weighted by Crippen LogP contribution is -1.82. The van der Waals surface area contributed by atoms with Crippen molar-refractivity contribution in [3.63, 3.8) is 0 Å². The molecule has 1 nitrogen and oxygen atoms in total.